The molecule has 1 aliphatic carbocycles. The Morgan fingerprint density at radius 2 is 1.65 bits per heavy atom. The number of halogens is 1. The maximum absolute atomic E-state index is 13.4. The lowest BCUT2D eigenvalue weighted by atomic mass is 9.96. The van der Waals surface area contributed by atoms with E-state index >= 15 is 0 Å². The Balaban J connectivity index is 0.752. The maximum atomic E-state index is 13.4. The van der Waals surface area contributed by atoms with E-state index in [1.807, 2.05) is 48.3 Å². The number of fused-ring (bicyclic) bond motifs is 5. The number of anilines is 1. The molecular weight excluding hydrogens is 784 g/mol. The van der Waals surface area contributed by atoms with Crippen LogP contribution in [0.5, 0.6) is 0 Å². The van der Waals surface area contributed by atoms with Gasteiger partial charge in [-0.1, -0.05) is 41.1 Å². The molecule has 1 saturated heterocycles. The van der Waals surface area contributed by atoms with Gasteiger partial charge in [0, 0.05) is 53.1 Å². The molecule has 3 aromatic heterocycles. The molecule has 302 valence electrons. The molecule has 4 aliphatic rings. The molecule has 1 unspecified atom stereocenters. The Bertz CT molecular complexity index is 2760. The molecule has 2 N–H and O–H groups in total. The minimum absolute atomic E-state index is 0.0603. The van der Waals surface area contributed by atoms with E-state index in [0.717, 1.165) is 88.9 Å². The van der Waals surface area contributed by atoms with Gasteiger partial charge in [0.25, 0.3) is 11.8 Å². The summed E-state index contributed by atoms with van der Waals surface area (Å²) in [5, 5.41) is 28.4. The van der Waals surface area contributed by atoms with Gasteiger partial charge in [0.1, 0.15) is 23.1 Å². The number of unbranched alkanes of at least 4 members (excludes halogenated alkanes) is 2. The van der Waals surface area contributed by atoms with Crippen molar-refractivity contribution in [3.8, 4) is 16.8 Å². The molecular formula is C43H39ClN12O4. The van der Waals surface area contributed by atoms with Gasteiger partial charge < -0.3 is 5.32 Å². The van der Waals surface area contributed by atoms with Crippen molar-refractivity contribution in [2.24, 2.45) is 4.99 Å². The highest BCUT2D eigenvalue weighted by Crippen LogP contribution is 2.52. The molecule has 10 rings (SSSR count). The number of piperidine rings is 1. The highest BCUT2D eigenvalue weighted by molar-refractivity contribution is 6.30. The second kappa shape index (κ2) is 14.8. The first-order chi connectivity index (χ1) is 29.2. The summed E-state index contributed by atoms with van der Waals surface area (Å²) in [7, 11) is 0. The van der Waals surface area contributed by atoms with Crippen LogP contribution in [0, 0.1) is 6.92 Å². The van der Waals surface area contributed by atoms with E-state index in [1.165, 1.54) is 0 Å². The van der Waals surface area contributed by atoms with Gasteiger partial charge >= 0.3 is 0 Å². The molecule has 2 fully saturated rings. The number of carbonyl (C=O) groups excluding carboxylic acids is 4. The van der Waals surface area contributed by atoms with Crippen LogP contribution in [0.15, 0.2) is 84.2 Å². The third-order valence-electron chi connectivity index (χ3n) is 11.7. The Morgan fingerprint density at radius 1 is 0.850 bits per heavy atom. The van der Waals surface area contributed by atoms with E-state index < -0.39 is 29.7 Å². The smallest absolute Gasteiger partial charge is 0.264 e. The van der Waals surface area contributed by atoms with Crippen molar-refractivity contribution < 1.29 is 19.2 Å². The third-order valence-corrected chi connectivity index (χ3v) is 11.9. The molecule has 16 nitrogen and oxygen atoms in total. The number of hydrogen-bond acceptors (Lipinski definition) is 11. The van der Waals surface area contributed by atoms with Gasteiger partial charge in [-0.3, -0.25) is 48.3 Å². The van der Waals surface area contributed by atoms with Crippen molar-refractivity contribution in [3.63, 3.8) is 0 Å². The third kappa shape index (κ3) is 6.66. The number of aromatic nitrogens is 8. The predicted octanol–water partition coefficient (Wildman–Crippen LogP) is 5.41. The van der Waals surface area contributed by atoms with Crippen LogP contribution in [0.25, 0.3) is 16.8 Å². The lowest BCUT2D eigenvalue weighted by molar-refractivity contribution is -0.136. The maximum Gasteiger partial charge on any atom is 0.264 e. The van der Waals surface area contributed by atoms with E-state index in [0.29, 0.717) is 22.9 Å². The number of aryl methyl sites for hydroxylation is 3. The second-order valence-corrected chi connectivity index (χ2v) is 16.1. The van der Waals surface area contributed by atoms with Gasteiger partial charge in [-0.25, -0.2) is 0 Å². The molecule has 1 atom stereocenters. The summed E-state index contributed by atoms with van der Waals surface area (Å²) in [5.41, 5.74) is 7.17. The lowest BCUT2D eigenvalue weighted by Crippen LogP contribution is -2.54. The number of nitrogens with one attached hydrogen (secondary N) is 2. The average molecular weight is 823 g/mol. The van der Waals surface area contributed by atoms with Crippen LogP contribution in [-0.4, -0.2) is 79.8 Å². The molecule has 3 aliphatic heterocycles. The van der Waals surface area contributed by atoms with E-state index in [9.17, 15) is 19.2 Å². The Morgan fingerprint density at radius 3 is 2.45 bits per heavy atom. The fourth-order valence-corrected chi connectivity index (χ4v) is 8.52. The number of rotatable bonds is 12. The highest BCUT2D eigenvalue weighted by Gasteiger charge is 2.51. The van der Waals surface area contributed by atoms with Crippen molar-refractivity contribution in [3.05, 3.63) is 124 Å². The van der Waals surface area contributed by atoms with Crippen molar-refractivity contribution in [2.45, 2.75) is 83.1 Å². The summed E-state index contributed by atoms with van der Waals surface area (Å²) < 4.78 is 5.94. The monoisotopic (exact) mass is 822 g/mol. The molecule has 0 bridgehead atoms. The van der Waals surface area contributed by atoms with Crippen LogP contribution in [0.2, 0.25) is 5.02 Å². The zero-order chi connectivity index (χ0) is 41.1. The molecule has 6 heterocycles. The molecule has 6 aromatic rings. The fourth-order valence-electron chi connectivity index (χ4n) is 8.39. The number of hydrogen-bond donors (Lipinski definition) is 2. The minimum atomic E-state index is -1.03. The normalized spacial score (nSPS) is 17.6. The molecule has 3 aromatic carbocycles. The van der Waals surface area contributed by atoms with Gasteiger partial charge in [-0.05, 0) is 87.4 Å². The van der Waals surface area contributed by atoms with E-state index in [1.54, 1.807) is 22.9 Å². The van der Waals surface area contributed by atoms with E-state index in [-0.39, 0.29) is 36.1 Å². The first-order valence-corrected chi connectivity index (χ1v) is 20.5. The lowest BCUT2D eigenvalue weighted by Gasteiger charge is -2.27. The first-order valence-electron chi connectivity index (χ1n) is 20.1. The molecule has 60 heavy (non-hydrogen) atoms. The van der Waals surface area contributed by atoms with Crippen molar-refractivity contribution in [2.75, 3.05) is 5.32 Å². The standard InChI is InChI=1S/C43H39ClN12O4/c1-25-49-51-42-43(16-17-43)48-38(26-8-11-29(44)12-9-26)32-20-27(10-13-34(32)55(25)42)28-21-46-53(23-28)18-3-2-4-19-54-24-30(50-52-54)22-45-33-7-5-6-31-37(33)41(60)56(40(31)59)35-14-15-36(57)47-39(35)58/h5-13,20-21,23-24,35,45H,2-4,14-19,22H2,1H3,(H,47,57,58). The van der Waals surface area contributed by atoms with Crippen LogP contribution in [0.4, 0.5) is 5.69 Å². The van der Waals surface area contributed by atoms with E-state index in [2.05, 4.69) is 60.1 Å². The molecule has 17 heteroatoms. The number of amides is 4. The van der Waals surface area contributed by atoms with Gasteiger partial charge in [0.15, 0.2) is 5.82 Å². The van der Waals surface area contributed by atoms with Crippen molar-refractivity contribution in [1.29, 1.82) is 0 Å². The summed E-state index contributed by atoms with van der Waals surface area (Å²) >= 11 is 6.28. The van der Waals surface area contributed by atoms with Crippen LogP contribution in [0.3, 0.4) is 0 Å². The zero-order valence-corrected chi connectivity index (χ0v) is 33.4. The largest absolute Gasteiger partial charge is 0.379 e. The minimum Gasteiger partial charge on any atom is -0.379 e. The SMILES string of the molecule is Cc1nnc2n1-c1ccc(-c3cnn(CCCCCn4cc(CNc5cccc6c5C(=O)N(C5CCC(=O)NC5=O)C6=O)nn4)c3)cc1C(c1ccc(Cl)cc1)=NC21CC1. The van der Waals surface area contributed by atoms with E-state index in [4.69, 9.17) is 21.7 Å². The van der Waals surface area contributed by atoms with Gasteiger partial charge in [0.05, 0.1) is 41.5 Å². The summed E-state index contributed by atoms with van der Waals surface area (Å²) in [6.07, 6.45) is 10.7. The summed E-state index contributed by atoms with van der Waals surface area (Å²) in [6, 6.07) is 18.2. The zero-order valence-electron chi connectivity index (χ0n) is 32.6. The number of nitrogens with zero attached hydrogens (tertiary/aromatic N) is 10. The number of carbonyl (C=O) groups is 4. The molecule has 1 saturated carbocycles. The predicted molar refractivity (Wildman–Crippen MR) is 220 cm³/mol. The van der Waals surface area contributed by atoms with Gasteiger partial charge in [-0.2, -0.15) is 5.10 Å². The van der Waals surface area contributed by atoms with Crippen LogP contribution >= 0.6 is 11.6 Å². The summed E-state index contributed by atoms with van der Waals surface area (Å²) in [6.45, 7) is 3.72. The highest BCUT2D eigenvalue weighted by atomic mass is 35.5. The quantitative estimate of drug-likeness (QED) is 0.119. The number of aliphatic imine (C=N–C) groups is 1. The molecule has 0 radical (unpaired) electrons. The summed E-state index contributed by atoms with van der Waals surface area (Å²) in [5.74, 6) is -0.456. The van der Waals surface area contributed by atoms with Gasteiger partial charge in [-0.15, -0.1) is 15.3 Å². The van der Waals surface area contributed by atoms with Gasteiger partial charge in [0.2, 0.25) is 11.8 Å². The first kappa shape index (κ1) is 37.5. The summed E-state index contributed by atoms with van der Waals surface area (Å²) in [4.78, 5) is 57.1. The molecule has 1 spiro atoms. The topological polar surface area (TPSA) is 187 Å². The Kier molecular flexibility index (Phi) is 9.23. The van der Waals surface area contributed by atoms with Crippen molar-refractivity contribution >= 4 is 46.6 Å². The average Bonchev–Trinajstić information content (AvgIpc) is 3.54. The Labute approximate surface area is 348 Å². The number of imide groups is 2. The van der Waals surface area contributed by atoms with Crippen LogP contribution in [-0.2, 0) is 34.8 Å². The molecule has 4 amide bonds. The number of benzene rings is 3. The second-order valence-electron chi connectivity index (χ2n) is 15.7. The van der Waals surface area contributed by atoms with Crippen molar-refractivity contribution in [1.82, 2.24) is 49.8 Å². The fraction of sp³-hybridized carbons (Fsp3) is 0.302. The Hall–Kier alpha value is -6.81. The van der Waals surface area contributed by atoms with Crippen LogP contribution in [0.1, 0.15) is 94.1 Å². The van der Waals surface area contributed by atoms with Crippen LogP contribution < -0.4 is 10.6 Å².